The summed E-state index contributed by atoms with van der Waals surface area (Å²) >= 11 is 0. The fourth-order valence-corrected chi connectivity index (χ4v) is 1.44. The van der Waals surface area contributed by atoms with E-state index in [4.69, 9.17) is 0 Å². The van der Waals surface area contributed by atoms with Gasteiger partial charge in [-0.1, -0.05) is 12.1 Å². The number of aldehydes is 1. The minimum absolute atomic E-state index is 0.0231. The van der Waals surface area contributed by atoms with Crippen molar-refractivity contribution in [3.8, 4) is 0 Å². The largest absolute Gasteiger partial charge is 0.361 e. The molecule has 0 aliphatic carbocycles. The smallest absolute Gasteiger partial charge is 0.189 e. The van der Waals surface area contributed by atoms with Crippen molar-refractivity contribution in [1.29, 1.82) is 0 Å². The number of aromatic nitrogens is 1. The van der Waals surface area contributed by atoms with Crippen molar-refractivity contribution in [1.82, 2.24) is 4.98 Å². The maximum Gasteiger partial charge on any atom is 0.189 e. The predicted molar refractivity (Wildman–Crippen MR) is 59.7 cm³/mol. The van der Waals surface area contributed by atoms with E-state index in [9.17, 15) is 9.59 Å². The zero-order valence-corrected chi connectivity index (χ0v) is 7.94. The maximum absolute atomic E-state index is 11.5. The van der Waals surface area contributed by atoms with Crippen LogP contribution in [0.25, 0.3) is 17.0 Å². The van der Waals surface area contributed by atoms with Gasteiger partial charge in [-0.05, 0) is 23.8 Å². The molecule has 0 bridgehead atoms. The molecule has 1 aromatic heterocycles. The third-order valence-corrected chi connectivity index (χ3v) is 2.15. The van der Waals surface area contributed by atoms with Gasteiger partial charge in [-0.25, -0.2) is 0 Å². The molecule has 15 heavy (non-hydrogen) atoms. The third kappa shape index (κ3) is 1.86. The lowest BCUT2D eigenvalue weighted by atomic mass is 10.1. The quantitative estimate of drug-likeness (QED) is 0.591. The molecule has 0 amide bonds. The minimum atomic E-state index is -0.0231. The van der Waals surface area contributed by atoms with E-state index in [0.29, 0.717) is 11.7 Å². The molecule has 74 valence electrons. The maximum atomic E-state index is 11.5. The third-order valence-electron chi connectivity index (χ3n) is 2.15. The Morgan fingerprint density at radius 2 is 2.07 bits per heavy atom. The Morgan fingerprint density at radius 1 is 1.20 bits per heavy atom. The normalized spacial score (nSPS) is 10.9. The number of H-pyrrole nitrogens is 1. The number of carbonyl (C=O) groups is 1. The first-order chi connectivity index (χ1) is 7.31. The lowest BCUT2D eigenvalue weighted by Crippen LogP contribution is -1.99. The van der Waals surface area contributed by atoms with Crippen LogP contribution in [0.5, 0.6) is 0 Å². The van der Waals surface area contributed by atoms with Crippen LogP contribution in [0.2, 0.25) is 0 Å². The summed E-state index contributed by atoms with van der Waals surface area (Å²) in [6.45, 7) is 0. The minimum Gasteiger partial charge on any atom is -0.361 e. The van der Waals surface area contributed by atoms with Crippen LogP contribution in [0, 0.1) is 0 Å². The van der Waals surface area contributed by atoms with E-state index in [1.54, 1.807) is 18.3 Å². The number of allylic oxidation sites excluding steroid dienone is 1. The number of aromatic amines is 1. The number of rotatable bonds is 2. The molecule has 0 saturated heterocycles. The van der Waals surface area contributed by atoms with E-state index in [-0.39, 0.29) is 5.43 Å². The Bertz CT molecular complexity index is 581. The van der Waals surface area contributed by atoms with Crippen molar-refractivity contribution in [3.05, 3.63) is 52.3 Å². The molecule has 0 spiro atoms. The van der Waals surface area contributed by atoms with Gasteiger partial charge in [0.25, 0.3) is 0 Å². The van der Waals surface area contributed by atoms with Gasteiger partial charge < -0.3 is 4.98 Å². The highest BCUT2D eigenvalue weighted by molar-refractivity contribution is 5.82. The molecule has 2 rings (SSSR count). The summed E-state index contributed by atoms with van der Waals surface area (Å²) in [5, 5.41) is 0.630. The Kier molecular flexibility index (Phi) is 2.46. The molecule has 1 heterocycles. The summed E-state index contributed by atoms with van der Waals surface area (Å²) in [5.74, 6) is 0. The lowest BCUT2D eigenvalue weighted by molar-refractivity contribution is -0.104. The standard InChI is InChI=1S/C12H9NO2/c14-7-1-2-9-3-4-11-10(8-9)12(15)5-6-13-11/h1-8H,(H,13,15). The highest BCUT2D eigenvalue weighted by Crippen LogP contribution is 2.10. The molecule has 1 aromatic carbocycles. The summed E-state index contributed by atoms with van der Waals surface area (Å²) in [4.78, 5) is 24.6. The van der Waals surface area contributed by atoms with Crippen LogP contribution in [0.3, 0.4) is 0 Å². The molecule has 0 fully saturated rings. The SMILES string of the molecule is O=CC=Cc1ccc2[nH]ccc(=O)c2c1. The van der Waals surface area contributed by atoms with Crippen molar-refractivity contribution >= 4 is 23.3 Å². The van der Waals surface area contributed by atoms with Crippen LogP contribution in [-0.4, -0.2) is 11.3 Å². The molecule has 3 heteroatoms. The zero-order valence-electron chi connectivity index (χ0n) is 7.94. The average molecular weight is 199 g/mol. The van der Waals surface area contributed by atoms with Crippen LogP contribution in [0.15, 0.2) is 41.3 Å². The Morgan fingerprint density at radius 3 is 2.87 bits per heavy atom. The molecule has 0 aliphatic rings. The first-order valence-corrected chi connectivity index (χ1v) is 4.54. The topological polar surface area (TPSA) is 49.9 Å². The summed E-state index contributed by atoms with van der Waals surface area (Å²) in [6, 6.07) is 6.91. The van der Waals surface area contributed by atoms with Gasteiger partial charge in [-0.15, -0.1) is 0 Å². The van der Waals surface area contributed by atoms with E-state index >= 15 is 0 Å². The second-order valence-electron chi connectivity index (χ2n) is 3.14. The van der Waals surface area contributed by atoms with Gasteiger partial charge in [0.1, 0.15) is 6.29 Å². The molecule has 0 atom stereocenters. The van der Waals surface area contributed by atoms with Gasteiger partial charge in [0.05, 0.1) is 0 Å². The fraction of sp³-hybridized carbons (Fsp3) is 0. The summed E-state index contributed by atoms with van der Waals surface area (Å²) < 4.78 is 0. The van der Waals surface area contributed by atoms with Crippen LogP contribution in [0.1, 0.15) is 5.56 Å². The number of nitrogens with one attached hydrogen (secondary N) is 1. The number of carbonyl (C=O) groups excluding carboxylic acids is 1. The Labute approximate surface area is 86.1 Å². The number of benzene rings is 1. The molecule has 0 unspecified atom stereocenters. The molecule has 0 saturated carbocycles. The van der Waals surface area contributed by atoms with E-state index < -0.39 is 0 Å². The van der Waals surface area contributed by atoms with Gasteiger partial charge in [0.2, 0.25) is 0 Å². The van der Waals surface area contributed by atoms with Gasteiger partial charge >= 0.3 is 0 Å². The highest BCUT2D eigenvalue weighted by atomic mass is 16.1. The highest BCUT2D eigenvalue weighted by Gasteiger charge is 1.97. The number of fused-ring (bicyclic) bond motifs is 1. The van der Waals surface area contributed by atoms with Crippen LogP contribution in [-0.2, 0) is 4.79 Å². The molecule has 0 aliphatic heterocycles. The molecular formula is C12H9NO2. The monoisotopic (exact) mass is 199 g/mol. The van der Waals surface area contributed by atoms with Crippen LogP contribution in [0.4, 0.5) is 0 Å². The summed E-state index contributed by atoms with van der Waals surface area (Å²) in [6.07, 6.45) is 5.39. The van der Waals surface area contributed by atoms with Crippen LogP contribution < -0.4 is 5.43 Å². The fourth-order valence-electron chi connectivity index (χ4n) is 1.44. The van der Waals surface area contributed by atoms with E-state index in [2.05, 4.69) is 4.98 Å². The second kappa shape index (κ2) is 3.92. The van der Waals surface area contributed by atoms with Crippen molar-refractivity contribution < 1.29 is 4.79 Å². The molecule has 3 nitrogen and oxygen atoms in total. The van der Waals surface area contributed by atoms with Gasteiger partial charge in [0, 0.05) is 23.2 Å². The summed E-state index contributed by atoms with van der Waals surface area (Å²) in [7, 11) is 0. The number of pyridine rings is 1. The molecule has 1 N–H and O–H groups in total. The first kappa shape index (κ1) is 9.40. The van der Waals surface area contributed by atoms with Crippen molar-refractivity contribution in [2.24, 2.45) is 0 Å². The first-order valence-electron chi connectivity index (χ1n) is 4.54. The molecule has 0 radical (unpaired) electrons. The van der Waals surface area contributed by atoms with Crippen molar-refractivity contribution in [3.63, 3.8) is 0 Å². The van der Waals surface area contributed by atoms with Crippen LogP contribution >= 0.6 is 0 Å². The number of hydrogen-bond donors (Lipinski definition) is 1. The summed E-state index contributed by atoms with van der Waals surface area (Å²) in [5.41, 5.74) is 1.61. The zero-order chi connectivity index (χ0) is 10.7. The predicted octanol–water partition coefficient (Wildman–Crippen LogP) is 1.74. The van der Waals surface area contributed by atoms with Gasteiger partial charge in [-0.3, -0.25) is 9.59 Å². The Hall–Kier alpha value is -2.16. The molecular weight excluding hydrogens is 190 g/mol. The van der Waals surface area contributed by atoms with E-state index in [1.165, 1.54) is 12.1 Å². The average Bonchev–Trinajstić information content (AvgIpc) is 2.27. The van der Waals surface area contributed by atoms with Crippen molar-refractivity contribution in [2.45, 2.75) is 0 Å². The van der Waals surface area contributed by atoms with Gasteiger partial charge in [0.15, 0.2) is 5.43 Å². The number of hydrogen-bond acceptors (Lipinski definition) is 2. The van der Waals surface area contributed by atoms with E-state index in [0.717, 1.165) is 11.1 Å². The van der Waals surface area contributed by atoms with Gasteiger partial charge in [-0.2, -0.15) is 0 Å². The molecule has 2 aromatic rings. The van der Waals surface area contributed by atoms with Crippen molar-refractivity contribution in [2.75, 3.05) is 0 Å². The van der Waals surface area contributed by atoms with E-state index in [1.807, 2.05) is 12.1 Å². The Balaban J connectivity index is 2.64. The second-order valence-corrected chi connectivity index (χ2v) is 3.14. The lowest BCUT2D eigenvalue weighted by Gasteiger charge is -1.97.